The molecule has 2 aromatic carbocycles. The van der Waals surface area contributed by atoms with Gasteiger partial charge in [-0.2, -0.15) is 0 Å². The number of hydrogen-bond acceptors (Lipinski definition) is 3. The van der Waals surface area contributed by atoms with Crippen LogP contribution in [-0.2, 0) is 4.79 Å². The van der Waals surface area contributed by atoms with E-state index >= 15 is 0 Å². The quantitative estimate of drug-likeness (QED) is 0.856. The summed E-state index contributed by atoms with van der Waals surface area (Å²) in [5.74, 6) is 0.958. The van der Waals surface area contributed by atoms with Crippen LogP contribution in [0.1, 0.15) is 35.7 Å². The van der Waals surface area contributed by atoms with Gasteiger partial charge in [0.15, 0.2) is 0 Å². The number of carbonyl (C=O) groups excluding carboxylic acids is 2. The summed E-state index contributed by atoms with van der Waals surface area (Å²) >= 11 is 1.49. The van der Waals surface area contributed by atoms with Crippen LogP contribution in [0.3, 0.4) is 0 Å². The molecule has 5 heteroatoms. The van der Waals surface area contributed by atoms with Gasteiger partial charge in [0.05, 0.1) is 11.4 Å². The maximum atomic E-state index is 12.5. The van der Waals surface area contributed by atoms with Gasteiger partial charge in [0.2, 0.25) is 5.91 Å². The fourth-order valence-electron chi connectivity index (χ4n) is 2.97. The number of hydrogen-bond donors (Lipinski definition) is 2. The van der Waals surface area contributed by atoms with Crippen LogP contribution in [0.4, 0.5) is 5.69 Å². The third kappa shape index (κ3) is 4.23. The molecule has 0 bridgehead atoms. The first-order chi connectivity index (χ1) is 12.0. The van der Waals surface area contributed by atoms with E-state index in [2.05, 4.69) is 36.6 Å². The fourth-order valence-corrected chi connectivity index (χ4v) is 3.76. The Morgan fingerprint density at radius 1 is 1.20 bits per heavy atom. The molecule has 0 saturated carbocycles. The second-order valence-corrected chi connectivity index (χ2v) is 7.54. The minimum absolute atomic E-state index is 0.0287. The highest BCUT2D eigenvalue weighted by Crippen LogP contribution is 2.32. The predicted molar refractivity (Wildman–Crippen MR) is 102 cm³/mol. The van der Waals surface area contributed by atoms with Crippen LogP contribution in [0.25, 0.3) is 0 Å². The largest absolute Gasteiger partial charge is 0.351 e. The highest BCUT2D eigenvalue weighted by Gasteiger charge is 2.19. The van der Waals surface area contributed by atoms with Crippen molar-refractivity contribution in [2.45, 2.75) is 24.7 Å². The highest BCUT2D eigenvalue weighted by molar-refractivity contribution is 8.00. The summed E-state index contributed by atoms with van der Waals surface area (Å²) in [4.78, 5) is 25.1. The third-order valence-corrected chi connectivity index (χ3v) is 5.46. The lowest BCUT2D eigenvalue weighted by Crippen LogP contribution is -2.30. The Bertz CT molecular complexity index is 775. The molecule has 1 aliphatic heterocycles. The molecule has 3 rings (SSSR count). The molecule has 1 aliphatic rings. The Morgan fingerprint density at radius 2 is 1.96 bits per heavy atom. The molecule has 130 valence electrons. The lowest BCUT2D eigenvalue weighted by Gasteiger charge is -2.22. The molecule has 2 aromatic rings. The molecule has 0 aromatic heterocycles. The summed E-state index contributed by atoms with van der Waals surface area (Å²) in [5, 5.41) is 5.86. The van der Waals surface area contributed by atoms with Crippen LogP contribution < -0.4 is 10.6 Å². The summed E-state index contributed by atoms with van der Waals surface area (Å²) in [5.41, 5.74) is 2.52. The Labute approximate surface area is 152 Å². The summed E-state index contributed by atoms with van der Waals surface area (Å²) in [6.07, 6.45) is 0. The van der Waals surface area contributed by atoms with Crippen LogP contribution in [0.15, 0.2) is 53.4 Å². The zero-order valence-corrected chi connectivity index (χ0v) is 15.2. The van der Waals surface area contributed by atoms with Crippen molar-refractivity contribution in [1.82, 2.24) is 5.32 Å². The smallest absolute Gasteiger partial charge is 0.251 e. The van der Waals surface area contributed by atoms with Gasteiger partial charge in [0, 0.05) is 22.9 Å². The Balaban J connectivity index is 1.69. The fraction of sp³-hybridized carbons (Fsp3) is 0.300. The van der Waals surface area contributed by atoms with Crippen LogP contribution in [0, 0.1) is 5.92 Å². The molecule has 2 amide bonds. The van der Waals surface area contributed by atoms with E-state index in [0.717, 1.165) is 10.6 Å². The number of amides is 2. The van der Waals surface area contributed by atoms with E-state index in [0.29, 0.717) is 23.8 Å². The van der Waals surface area contributed by atoms with Crippen molar-refractivity contribution in [1.29, 1.82) is 0 Å². The topological polar surface area (TPSA) is 58.2 Å². The maximum Gasteiger partial charge on any atom is 0.251 e. The first-order valence-electron chi connectivity index (χ1n) is 8.44. The van der Waals surface area contributed by atoms with E-state index in [1.807, 2.05) is 30.3 Å². The van der Waals surface area contributed by atoms with E-state index in [1.165, 1.54) is 17.3 Å². The zero-order valence-electron chi connectivity index (χ0n) is 14.4. The molecule has 0 fully saturated rings. The summed E-state index contributed by atoms with van der Waals surface area (Å²) in [6.45, 7) is 4.91. The molecule has 4 nitrogen and oxygen atoms in total. The van der Waals surface area contributed by atoms with Crippen LogP contribution >= 0.6 is 11.8 Å². The van der Waals surface area contributed by atoms with Crippen molar-refractivity contribution in [2.75, 3.05) is 17.6 Å². The second-order valence-electron chi connectivity index (χ2n) is 6.52. The summed E-state index contributed by atoms with van der Waals surface area (Å²) in [7, 11) is 0. The van der Waals surface area contributed by atoms with E-state index in [1.54, 1.807) is 6.07 Å². The van der Waals surface area contributed by atoms with Gasteiger partial charge >= 0.3 is 0 Å². The van der Waals surface area contributed by atoms with Crippen LogP contribution in [0.2, 0.25) is 0 Å². The molecule has 0 spiro atoms. The second kappa shape index (κ2) is 7.74. The lowest BCUT2D eigenvalue weighted by molar-refractivity contribution is -0.113. The minimum Gasteiger partial charge on any atom is -0.351 e. The molecule has 0 radical (unpaired) electrons. The number of anilines is 1. The average Bonchev–Trinajstić information content (AvgIpc) is 2.61. The maximum absolute atomic E-state index is 12.5. The molecule has 0 aliphatic carbocycles. The number of nitrogens with one attached hydrogen (secondary N) is 2. The van der Waals surface area contributed by atoms with Crippen molar-refractivity contribution in [3.63, 3.8) is 0 Å². The molecular weight excluding hydrogens is 332 g/mol. The minimum atomic E-state index is -0.116. The van der Waals surface area contributed by atoms with Gasteiger partial charge in [-0.3, -0.25) is 9.59 Å². The Hall–Kier alpha value is -2.27. The molecule has 2 N–H and O–H groups in total. The summed E-state index contributed by atoms with van der Waals surface area (Å²) < 4.78 is 0. The normalized spacial score (nSPS) is 14.6. The monoisotopic (exact) mass is 354 g/mol. The van der Waals surface area contributed by atoms with Gasteiger partial charge in [-0.1, -0.05) is 44.2 Å². The Kier molecular flexibility index (Phi) is 5.43. The molecular formula is C20H22N2O2S. The van der Waals surface area contributed by atoms with Crippen LogP contribution in [0.5, 0.6) is 0 Å². The van der Waals surface area contributed by atoms with E-state index < -0.39 is 0 Å². The van der Waals surface area contributed by atoms with Gasteiger partial charge in [0.25, 0.3) is 5.91 Å². The number of carbonyl (C=O) groups is 2. The van der Waals surface area contributed by atoms with E-state index in [9.17, 15) is 9.59 Å². The van der Waals surface area contributed by atoms with Crippen molar-refractivity contribution >= 4 is 29.3 Å². The number of rotatable bonds is 5. The number of thioether (sulfide) groups is 1. The molecule has 25 heavy (non-hydrogen) atoms. The Morgan fingerprint density at radius 3 is 2.68 bits per heavy atom. The van der Waals surface area contributed by atoms with Crippen LogP contribution in [-0.4, -0.2) is 24.1 Å². The SMILES string of the molecule is CC(C)C(CNC(=O)c1ccc2c(c1)NC(=O)CS2)c1ccccc1. The van der Waals surface area contributed by atoms with Gasteiger partial charge in [-0.25, -0.2) is 0 Å². The average molecular weight is 354 g/mol. The van der Waals surface area contributed by atoms with Gasteiger partial charge in [-0.05, 0) is 29.7 Å². The van der Waals surface area contributed by atoms with Crippen molar-refractivity contribution in [2.24, 2.45) is 5.92 Å². The van der Waals surface area contributed by atoms with Crippen molar-refractivity contribution in [3.05, 3.63) is 59.7 Å². The molecule has 1 atom stereocenters. The van der Waals surface area contributed by atoms with Gasteiger partial charge in [0.1, 0.15) is 0 Å². The van der Waals surface area contributed by atoms with E-state index in [4.69, 9.17) is 0 Å². The van der Waals surface area contributed by atoms with Crippen molar-refractivity contribution in [3.8, 4) is 0 Å². The molecule has 1 heterocycles. The first-order valence-corrected chi connectivity index (χ1v) is 9.43. The predicted octanol–water partition coefficient (Wildman–Crippen LogP) is 3.90. The lowest BCUT2D eigenvalue weighted by atomic mass is 9.88. The number of benzene rings is 2. The molecule has 1 unspecified atom stereocenters. The zero-order chi connectivity index (χ0) is 17.8. The van der Waals surface area contributed by atoms with Gasteiger partial charge in [-0.15, -0.1) is 11.8 Å². The molecule has 0 saturated heterocycles. The first kappa shape index (κ1) is 17.5. The van der Waals surface area contributed by atoms with E-state index in [-0.39, 0.29) is 17.7 Å². The summed E-state index contributed by atoms with van der Waals surface area (Å²) in [6, 6.07) is 15.7. The standard InChI is InChI=1S/C20H22N2O2S/c1-13(2)16(14-6-4-3-5-7-14)11-21-20(24)15-8-9-18-17(10-15)22-19(23)12-25-18/h3-10,13,16H,11-12H2,1-2H3,(H,21,24)(H,22,23). The van der Waals surface area contributed by atoms with Crippen molar-refractivity contribution < 1.29 is 9.59 Å². The van der Waals surface area contributed by atoms with Gasteiger partial charge < -0.3 is 10.6 Å². The highest BCUT2D eigenvalue weighted by atomic mass is 32.2. The third-order valence-electron chi connectivity index (χ3n) is 4.39. The number of fused-ring (bicyclic) bond motifs is 1.